The number of ketones is 1. The van der Waals surface area contributed by atoms with E-state index in [9.17, 15) is 4.79 Å². The molecule has 3 rings (SSSR count). The van der Waals surface area contributed by atoms with E-state index in [2.05, 4.69) is 10.2 Å². The van der Waals surface area contributed by atoms with Crippen molar-refractivity contribution < 1.29 is 4.79 Å². The van der Waals surface area contributed by atoms with Gasteiger partial charge in [0.1, 0.15) is 0 Å². The molecule has 0 amide bonds. The van der Waals surface area contributed by atoms with Gasteiger partial charge in [-0.2, -0.15) is 10.2 Å². The van der Waals surface area contributed by atoms with Gasteiger partial charge in [-0.3, -0.25) is 4.79 Å². The van der Waals surface area contributed by atoms with Gasteiger partial charge in [-0.1, -0.05) is 48.5 Å². The van der Waals surface area contributed by atoms with E-state index < -0.39 is 6.04 Å². The van der Waals surface area contributed by atoms with E-state index in [1.807, 2.05) is 60.7 Å². The van der Waals surface area contributed by atoms with Crippen molar-refractivity contribution >= 4 is 47.1 Å². The van der Waals surface area contributed by atoms with Crippen molar-refractivity contribution in [1.29, 1.82) is 0 Å². The van der Waals surface area contributed by atoms with Gasteiger partial charge in [-0.15, -0.1) is 0 Å². The molecule has 0 saturated carbocycles. The average molecular weight is 272 g/mol. The van der Waals surface area contributed by atoms with Crippen molar-refractivity contribution in [3.05, 3.63) is 71.8 Å². The molecule has 0 fully saturated rings. The number of hydrogen-bond acceptors (Lipinski definition) is 3. The van der Waals surface area contributed by atoms with E-state index in [1.165, 1.54) is 0 Å². The van der Waals surface area contributed by atoms with Crippen LogP contribution in [0.25, 0.3) is 6.08 Å². The molecule has 1 atom stereocenters. The van der Waals surface area contributed by atoms with Crippen molar-refractivity contribution in [2.45, 2.75) is 6.04 Å². The molecule has 0 N–H and O–H groups in total. The maximum absolute atomic E-state index is 11.9. The molecule has 0 spiro atoms. The molecule has 94 valence electrons. The van der Waals surface area contributed by atoms with Gasteiger partial charge in [0.05, 0.1) is 5.69 Å². The molecule has 3 nitrogen and oxygen atoms in total. The zero-order valence-electron chi connectivity index (χ0n) is 10.2. The first-order valence-corrected chi connectivity index (χ1v) is 6.11. The minimum absolute atomic E-state index is 0. The van der Waals surface area contributed by atoms with Gasteiger partial charge < -0.3 is 0 Å². The second kappa shape index (κ2) is 6.75. The third-order valence-electron chi connectivity index (χ3n) is 3.03. The van der Waals surface area contributed by atoms with Gasteiger partial charge in [0.15, 0.2) is 11.8 Å². The Morgan fingerprint density at radius 2 is 1.55 bits per heavy atom. The minimum atomic E-state index is -0.526. The summed E-state index contributed by atoms with van der Waals surface area (Å²) < 4.78 is 0. The molecule has 0 bridgehead atoms. The normalized spacial score (nSPS) is 16.8. The van der Waals surface area contributed by atoms with Crippen LogP contribution < -0.4 is 0 Å². The van der Waals surface area contributed by atoms with Crippen LogP contribution in [0.5, 0.6) is 0 Å². The van der Waals surface area contributed by atoms with Gasteiger partial charge >= 0.3 is 29.6 Å². The summed E-state index contributed by atoms with van der Waals surface area (Å²) in [5, 5.41) is 8.35. The van der Waals surface area contributed by atoms with Crippen LogP contribution in [-0.2, 0) is 4.79 Å². The molecule has 0 aromatic heterocycles. The number of fused-ring (bicyclic) bond motifs is 1. The van der Waals surface area contributed by atoms with Crippen LogP contribution in [0.2, 0.25) is 0 Å². The molecule has 0 heterocycles. The van der Waals surface area contributed by atoms with E-state index >= 15 is 0 Å². The summed E-state index contributed by atoms with van der Waals surface area (Å²) in [6.45, 7) is 0. The second-order valence-corrected chi connectivity index (χ2v) is 4.32. The molecule has 4 heteroatoms. The third-order valence-corrected chi connectivity index (χ3v) is 3.03. The van der Waals surface area contributed by atoms with E-state index in [0.717, 1.165) is 16.8 Å². The molecule has 1 aliphatic rings. The number of carbonyl (C=O) groups excluding carboxylic acids is 1. The first kappa shape index (κ1) is 14.9. The SMILES string of the molecule is O=C1C=Cc2ccccc2C1N=Nc1ccccc1.[NaH]. The van der Waals surface area contributed by atoms with Crippen LogP contribution in [0.4, 0.5) is 5.69 Å². The monoisotopic (exact) mass is 272 g/mol. The number of hydrogen-bond donors (Lipinski definition) is 0. The van der Waals surface area contributed by atoms with E-state index in [-0.39, 0.29) is 35.3 Å². The molecule has 1 unspecified atom stereocenters. The molecule has 20 heavy (non-hydrogen) atoms. The fraction of sp³-hybridized carbons (Fsp3) is 0.0625. The molecule has 2 aromatic carbocycles. The van der Waals surface area contributed by atoms with Crippen LogP contribution in [0.3, 0.4) is 0 Å². The summed E-state index contributed by atoms with van der Waals surface area (Å²) in [4.78, 5) is 11.9. The number of azo groups is 1. The molecular formula is C16H13N2NaO. The Morgan fingerprint density at radius 1 is 0.850 bits per heavy atom. The zero-order valence-corrected chi connectivity index (χ0v) is 10.2. The number of nitrogens with zero attached hydrogens (tertiary/aromatic N) is 2. The average Bonchev–Trinajstić information content (AvgIpc) is 2.47. The van der Waals surface area contributed by atoms with Crippen LogP contribution in [0.15, 0.2) is 70.9 Å². The van der Waals surface area contributed by atoms with Gasteiger partial charge in [0.2, 0.25) is 0 Å². The topological polar surface area (TPSA) is 41.8 Å². The standard InChI is InChI=1S/C16H12N2O.Na.H/c19-15-11-10-12-6-4-5-9-14(12)16(15)18-17-13-7-2-1-3-8-13;;/h1-11,16H;;. The fourth-order valence-corrected chi connectivity index (χ4v) is 2.07. The Morgan fingerprint density at radius 3 is 2.35 bits per heavy atom. The Balaban J connectivity index is 0.00000147. The molecule has 0 aliphatic heterocycles. The molecule has 2 aromatic rings. The first-order valence-electron chi connectivity index (χ1n) is 6.11. The Labute approximate surface area is 139 Å². The fourth-order valence-electron chi connectivity index (χ4n) is 2.07. The Hall–Kier alpha value is -1.55. The van der Waals surface area contributed by atoms with E-state index in [0.29, 0.717) is 0 Å². The molecule has 1 aliphatic carbocycles. The van der Waals surface area contributed by atoms with Crippen molar-refractivity contribution in [2.75, 3.05) is 0 Å². The van der Waals surface area contributed by atoms with Crippen LogP contribution in [0, 0.1) is 0 Å². The van der Waals surface area contributed by atoms with Crippen LogP contribution in [-0.4, -0.2) is 35.3 Å². The quantitative estimate of drug-likeness (QED) is 0.609. The summed E-state index contributed by atoms with van der Waals surface area (Å²) in [5.41, 5.74) is 2.69. The van der Waals surface area contributed by atoms with Gasteiger partial charge in [0, 0.05) is 0 Å². The van der Waals surface area contributed by atoms with Gasteiger partial charge in [0.25, 0.3) is 0 Å². The van der Waals surface area contributed by atoms with Crippen LogP contribution >= 0.6 is 0 Å². The second-order valence-electron chi connectivity index (χ2n) is 4.32. The van der Waals surface area contributed by atoms with Crippen molar-refractivity contribution in [2.24, 2.45) is 10.2 Å². The van der Waals surface area contributed by atoms with Crippen molar-refractivity contribution in [3.8, 4) is 0 Å². The maximum atomic E-state index is 11.9. The summed E-state index contributed by atoms with van der Waals surface area (Å²) in [5.74, 6) is -0.0293. The summed E-state index contributed by atoms with van der Waals surface area (Å²) >= 11 is 0. The Kier molecular flexibility index (Phi) is 5.01. The number of carbonyl (C=O) groups is 1. The summed E-state index contributed by atoms with van der Waals surface area (Å²) in [7, 11) is 0. The number of benzene rings is 2. The summed E-state index contributed by atoms with van der Waals surface area (Å²) in [6.07, 6.45) is 3.39. The summed E-state index contributed by atoms with van der Waals surface area (Å²) in [6, 6.07) is 16.7. The Bertz CT molecular complexity index is 665. The molecule has 0 saturated heterocycles. The molecular weight excluding hydrogens is 259 g/mol. The predicted molar refractivity (Wildman–Crippen MR) is 81.3 cm³/mol. The van der Waals surface area contributed by atoms with Gasteiger partial charge in [-0.05, 0) is 29.3 Å². The van der Waals surface area contributed by atoms with Crippen molar-refractivity contribution in [3.63, 3.8) is 0 Å². The van der Waals surface area contributed by atoms with E-state index in [4.69, 9.17) is 0 Å². The first-order chi connectivity index (χ1) is 9.34. The predicted octanol–water partition coefficient (Wildman–Crippen LogP) is 3.46. The van der Waals surface area contributed by atoms with Gasteiger partial charge in [-0.25, -0.2) is 0 Å². The zero-order chi connectivity index (χ0) is 13.1. The van der Waals surface area contributed by atoms with Crippen molar-refractivity contribution in [1.82, 2.24) is 0 Å². The number of rotatable bonds is 2. The van der Waals surface area contributed by atoms with E-state index in [1.54, 1.807) is 6.08 Å². The van der Waals surface area contributed by atoms with Crippen LogP contribution in [0.1, 0.15) is 17.2 Å². The third kappa shape index (κ3) is 3.12. The molecule has 0 radical (unpaired) electrons.